The van der Waals surface area contributed by atoms with Crippen LogP contribution in [0.2, 0.25) is 0 Å². The van der Waals surface area contributed by atoms with E-state index < -0.39 is 51.4 Å². The molecule has 0 saturated carbocycles. The molecule has 1 saturated heterocycles. The van der Waals surface area contributed by atoms with Gasteiger partial charge in [-0.25, -0.2) is 4.79 Å². The minimum absolute atomic E-state index is 0.806. The van der Waals surface area contributed by atoms with Gasteiger partial charge in [0.15, 0.2) is 6.10 Å². The lowest BCUT2D eigenvalue weighted by Gasteiger charge is -2.37. The third-order valence-electron chi connectivity index (χ3n) is 2.87. The summed E-state index contributed by atoms with van der Waals surface area (Å²) in [5.74, 6) is -1.36. The highest BCUT2D eigenvalue weighted by Crippen LogP contribution is 2.20. The van der Waals surface area contributed by atoms with Gasteiger partial charge in [-0.2, -0.15) is 8.42 Å². The van der Waals surface area contributed by atoms with Crippen molar-refractivity contribution in [2.45, 2.75) is 63.0 Å². The molecule has 1 aliphatic rings. The molecule has 0 radical (unpaired) electrons. The van der Waals surface area contributed by atoms with Crippen molar-refractivity contribution in [3.05, 3.63) is 0 Å². The van der Waals surface area contributed by atoms with Crippen molar-refractivity contribution in [3.63, 3.8) is 0 Å². The highest BCUT2D eigenvalue weighted by Gasteiger charge is 2.44. The summed E-state index contributed by atoms with van der Waals surface area (Å²) in [6, 6.07) is 0. The first-order valence-corrected chi connectivity index (χ1v) is 7.53. The Kier molecular flexibility index (Phi) is 6.73. The van der Waals surface area contributed by atoms with Gasteiger partial charge in [-0.3, -0.25) is 4.55 Å². The Morgan fingerprint density at radius 2 is 1.43 bits per heavy atom. The molecule has 1 heterocycles. The van der Waals surface area contributed by atoms with Gasteiger partial charge in [-0.1, -0.05) is 0 Å². The third kappa shape index (κ3) is 5.49. The average molecular weight is 330 g/mol. The Labute approximate surface area is 122 Å². The van der Waals surface area contributed by atoms with Gasteiger partial charge >= 0.3 is 5.97 Å². The molecule has 0 spiro atoms. The van der Waals surface area contributed by atoms with E-state index in [0.717, 1.165) is 0 Å². The smallest absolute Gasteiger partial charge is 0.335 e. The Morgan fingerprint density at radius 3 is 1.71 bits per heavy atom. The van der Waals surface area contributed by atoms with E-state index in [4.69, 9.17) is 14.4 Å². The highest BCUT2D eigenvalue weighted by molar-refractivity contribution is 7.87. The quantitative estimate of drug-likeness (QED) is 0.364. The number of carboxylic acids is 1. The maximum absolute atomic E-state index is 10.5. The number of aliphatic hydroxyl groups is 3. The Balaban J connectivity index is 0.000000433. The number of aliphatic carboxylic acids is 1. The van der Waals surface area contributed by atoms with Gasteiger partial charge < -0.3 is 25.2 Å². The first-order valence-electron chi connectivity index (χ1n) is 6.09. The molecule has 10 heteroatoms. The molecule has 5 atom stereocenters. The van der Waals surface area contributed by atoms with E-state index in [1.165, 1.54) is 27.7 Å². The zero-order valence-electron chi connectivity index (χ0n) is 12.2. The average Bonchev–Trinajstić information content (AvgIpc) is 2.29. The number of ether oxygens (including phenoxy) is 1. The number of hydrogen-bond donors (Lipinski definition) is 5. The van der Waals surface area contributed by atoms with Gasteiger partial charge in [-0.05, 0) is 27.7 Å². The topological polar surface area (TPSA) is 162 Å². The van der Waals surface area contributed by atoms with Crippen molar-refractivity contribution in [3.8, 4) is 0 Å². The van der Waals surface area contributed by atoms with Crippen LogP contribution in [0.3, 0.4) is 0 Å². The molecule has 1 aliphatic heterocycles. The molecule has 126 valence electrons. The van der Waals surface area contributed by atoms with E-state index in [2.05, 4.69) is 0 Å². The molecule has 0 bridgehead atoms. The van der Waals surface area contributed by atoms with Crippen LogP contribution in [-0.2, 0) is 19.6 Å². The summed E-state index contributed by atoms with van der Waals surface area (Å²) in [4.78, 5) is 10.5. The van der Waals surface area contributed by atoms with Crippen LogP contribution in [0.1, 0.15) is 27.7 Å². The summed E-state index contributed by atoms with van der Waals surface area (Å²) in [5, 5.41) is 36.1. The lowest BCUT2D eigenvalue weighted by atomic mass is 9.96. The van der Waals surface area contributed by atoms with Gasteiger partial charge in [0.25, 0.3) is 10.1 Å². The molecule has 9 nitrogen and oxygen atoms in total. The van der Waals surface area contributed by atoms with Crippen molar-refractivity contribution in [1.29, 1.82) is 0 Å². The lowest BCUT2D eigenvalue weighted by molar-refractivity contribution is -0.223. The van der Waals surface area contributed by atoms with E-state index in [9.17, 15) is 28.5 Å². The SMILES string of the molecule is CC(C)(C)S(=O)(=O)O.C[C@H]1O[C@@H](C(=O)O)[C@H](O)[C@@H](O)[C@@H]1O. The van der Waals surface area contributed by atoms with Crippen LogP contribution in [0.15, 0.2) is 0 Å². The lowest BCUT2D eigenvalue weighted by Crippen LogP contribution is -2.58. The van der Waals surface area contributed by atoms with Crippen LogP contribution < -0.4 is 0 Å². The number of rotatable bonds is 1. The van der Waals surface area contributed by atoms with Crippen molar-refractivity contribution in [1.82, 2.24) is 0 Å². The standard InChI is InChI=1S/C7H12O6.C4H10O3S/c1-2-3(8)4(9)5(10)6(13-2)7(11)12;1-4(2,3)8(5,6)7/h2-6,8-10H,1H3,(H,11,12);1-3H3,(H,5,6,7)/t2-,3-,4+,5-,6-;/m1./s1. The van der Waals surface area contributed by atoms with Gasteiger partial charge in [-0.15, -0.1) is 0 Å². The van der Waals surface area contributed by atoms with E-state index in [1.807, 2.05) is 0 Å². The van der Waals surface area contributed by atoms with E-state index >= 15 is 0 Å². The second kappa shape index (κ2) is 6.99. The monoisotopic (exact) mass is 330 g/mol. The van der Waals surface area contributed by atoms with Crippen molar-refractivity contribution in [2.24, 2.45) is 0 Å². The van der Waals surface area contributed by atoms with Crippen LogP contribution in [0, 0.1) is 0 Å². The number of aliphatic hydroxyl groups excluding tert-OH is 3. The molecule has 0 aromatic heterocycles. The molecule has 0 aromatic rings. The van der Waals surface area contributed by atoms with Gasteiger partial charge in [0, 0.05) is 0 Å². The maximum Gasteiger partial charge on any atom is 0.335 e. The fourth-order valence-corrected chi connectivity index (χ4v) is 1.26. The van der Waals surface area contributed by atoms with Crippen molar-refractivity contribution >= 4 is 16.1 Å². The molecule has 0 aromatic carbocycles. The van der Waals surface area contributed by atoms with Gasteiger partial charge in [0.1, 0.15) is 18.3 Å². The Bertz CT molecular complexity index is 453. The largest absolute Gasteiger partial charge is 0.479 e. The second-order valence-corrected chi connectivity index (χ2v) is 7.83. The second-order valence-electron chi connectivity index (χ2n) is 5.66. The summed E-state index contributed by atoms with van der Waals surface area (Å²) in [5.41, 5.74) is 0. The van der Waals surface area contributed by atoms with Crippen LogP contribution in [0.4, 0.5) is 0 Å². The summed E-state index contributed by atoms with van der Waals surface area (Å²) in [6.07, 6.45) is -6.62. The van der Waals surface area contributed by atoms with Crippen LogP contribution in [-0.4, -0.2) is 74.6 Å². The third-order valence-corrected chi connectivity index (χ3v) is 4.42. The summed E-state index contributed by atoms with van der Waals surface area (Å²) in [6.45, 7) is 5.72. The van der Waals surface area contributed by atoms with Gasteiger partial charge in [0.2, 0.25) is 0 Å². The first-order chi connectivity index (χ1) is 9.20. The van der Waals surface area contributed by atoms with Crippen LogP contribution >= 0.6 is 0 Å². The predicted molar refractivity (Wildman–Crippen MR) is 71.3 cm³/mol. The number of carbonyl (C=O) groups is 1. The Morgan fingerprint density at radius 1 is 1.05 bits per heavy atom. The molecule has 0 amide bonds. The minimum Gasteiger partial charge on any atom is -0.479 e. The fourth-order valence-electron chi connectivity index (χ4n) is 1.26. The van der Waals surface area contributed by atoms with Crippen LogP contribution in [0.5, 0.6) is 0 Å². The summed E-state index contributed by atoms with van der Waals surface area (Å²) in [7, 11) is -3.84. The molecule has 21 heavy (non-hydrogen) atoms. The van der Waals surface area contributed by atoms with Crippen molar-refractivity contribution in [2.75, 3.05) is 0 Å². The first kappa shape index (κ1) is 20.2. The molecule has 0 unspecified atom stereocenters. The van der Waals surface area contributed by atoms with E-state index in [-0.39, 0.29) is 0 Å². The van der Waals surface area contributed by atoms with E-state index in [1.54, 1.807) is 0 Å². The Hall–Kier alpha value is -0.780. The highest BCUT2D eigenvalue weighted by atomic mass is 32.2. The van der Waals surface area contributed by atoms with Crippen LogP contribution in [0.25, 0.3) is 0 Å². The molecular formula is C11H22O9S. The zero-order chi connectivity index (χ0) is 17.2. The fraction of sp³-hybridized carbons (Fsp3) is 0.909. The maximum atomic E-state index is 10.5. The van der Waals surface area contributed by atoms with Crippen molar-refractivity contribution < 1.29 is 42.9 Å². The summed E-state index contributed by atoms with van der Waals surface area (Å²) >= 11 is 0. The molecular weight excluding hydrogens is 308 g/mol. The zero-order valence-corrected chi connectivity index (χ0v) is 13.0. The number of hydrogen-bond acceptors (Lipinski definition) is 7. The molecule has 5 N–H and O–H groups in total. The minimum atomic E-state index is -3.84. The molecule has 1 fully saturated rings. The normalized spacial score (nSPS) is 33.8. The molecule has 0 aliphatic carbocycles. The number of carboxylic acid groups (broad SMARTS) is 1. The summed E-state index contributed by atoms with van der Waals surface area (Å²) < 4.78 is 32.5. The molecule has 1 rings (SSSR count). The van der Waals surface area contributed by atoms with Gasteiger partial charge in [0.05, 0.1) is 10.9 Å². The van der Waals surface area contributed by atoms with E-state index in [0.29, 0.717) is 0 Å². The predicted octanol–water partition coefficient (Wildman–Crippen LogP) is -1.39.